The molecule has 0 atom stereocenters. The standard InChI is InChI=1S/C17H19BrINO/c18-13-1-2-15(19)14(6-13)16(21)20-17-7-10-3-11(8-17)5-12(4-10)9-17/h1-2,6,10-12H,3-5,7-9H2,(H,20,21). The zero-order valence-electron chi connectivity index (χ0n) is 11.9. The summed E-state index contributed by atoms with van der Waals surface area (Å²) in [5.41, 5.74) is 0.901. The van der Waals surface area contributed by atoms with E-state index in [0.29, 0.717) is 0 Å². The Hall–Kier alpha value is -0.100. The molecule has 21 heavy (non-hydrogen) atoms. The lowest BCUT2D eigenvalue weighted by Crippen LogP contribution is -2.59. The van der Waals surface area contributed by atoms with Crippen LogP contribution in [0.2, 0.25) is 0 Å². The number of nitrogens with one attached hydrogen (secondary N) is 1. The second kappa shape index (κ2) is 5.22. The van der Waals surface area contributed by atoms with Crippen LogP contribution >= 0.6 is 38.5 Å². The maximum absolute atomic E-state index is 12.8. The minimum Gasteiger partial charge on any atom is -0.347 e. The van der Waals surface area contributed by atoms with Crippen molar-refractivity contribution in [1.29, 1.82) is 0 Å². The third-order valence-electron chi connectivity index (χ3n) is 5.59. The van der Waals surface area contributed by atoms with Gasteiger partial charge < -0.3 is 5.32 Å². The number of hydrogen-bond acceptors (Lipinski definition) is 1. The van der Waals surface area contributed by atoms with E-state index in [0.717, 1.165) is 31.4 Å². The lowest BCUT2D eigenvalue weighted by molar-refractivity contribution is -0.0167. The fourth-order valence-electron chi connectivity index (χ4n) is 5.24. The van der Waals surface area contributed by atoms with Gasteiger partial charge in [-0.3, -0.25) is 4.79 Å². The van der Waals surface area contributed by atoms with Crippen LogP contribution in [0.4, 0.5) is 0 Å². The van der Waals surface area contributed by atoms with Gasteiger partial charge in [-0.15, -0.1) is 0 Å². The average Bonchev–Trinajstić information content (AvgIpc) is 2.39. The first-order valence-electron chi connectivity index (χ1n) is 7.81. The molecular weight excluding hydrogens is 441 g/mol. The van der Waals surface area contributed by atoms with Crippen molar-refractivity contribution in [2.75, 3.05) is 0 Å². The van der Waals surface area contributed by atoms with Crippen LogP contribution in [0, 0.1) is 21.3 Å². The molecule has 4 aliphatic rings. The second-order valence-electron chi connectivity index (χ2n) is 7.28. The molecule has 4 fully saturated rings. The Morgan fingerprint density at radius 3 is 2.29 bits per heavy atom. The summed E-state index contributed by atoms with van der Waals surface area (Å²) in [7, 11) is 0. The fourth-order valence-corrected chi connectivity index (χ4v) is 6.18. The molecule has 112 valence electrons. The van der Waals surface area contributed by atoms with Gasteiger partial charge in [0, 0.05) is 13.6 Å². The quantitative estimate of drug-likeness (QED) is 0.635. The fraction of sp³-hybridized carbons (Fsp3) is 0.588. The van der Waals surface area contributed by atoms with Crippen LogP contribution < -0.4 is 5.32 Å². The van der Waals surface area contributed by atoms with Gasteiger partial charge in [0.2, 0.25) is 0 Å². The highest BCUT2D eigenvalue weighted by Crippen LogP contribution is 2.55. The van der Waals surface area contributed by atoms with E-state index in [1.165, 1.54) is 38.5 Å². The van der Waals surface area contributed by atoms with Crippen LogP contribution in [0.3, 0.4) is 0 Å². The van der Waals surface area contributed by atoms with Gasteiger partial charge in [-0.2, -0.15) is 0 Å². The lowest BCUT2D eigenvalue weighted by Gasteiger charge is -2.56. The SMILES string of the molecule is O=C(NC12CC3CC(CC(C3)C1)C2)c1cc(Br)ccc1I. The van der Waals surface area contributed by atoms with Crippen LogP contribution in [0.15, 0.2) is 22.7 Å². The van der Waals surface area contributed by atoms with E-state index in [1.54, 1.807) is 0 Å². The van der Waals surface area contributed by atoms with E-state index < -0.39 is 0 Å². The molecule has 4 bridgehead atoms. The third-order valence-corrected chi connectivity index (χ3v) is 7.02. The number of benzene rings is 1. The molecule has 1 aromatic carbocycles. The number of hydrogen-bond donors (Lipinski definition) is 1. The summed E-state index contributed by atoms with van der Waals surface area (Å²) in [5.74, 6) is 2.69. The molecule has 5 rings (SSSR count). The Labute approximate surface area is 147 Å². The number of rotatable bonds is 2. The van der Waals surface area contributed by atoms with Gasteiger partial charge in [-0.1, -0.05) is 15.9 Å². The van der Waals surface area contributed by atoms with Gasteiger partial charge in [0.15, 0.2) is 0 Å². The highest BCUT2D eigenvalue weighted by atomic mass is 127. The molecule has 0 unspecified atom stereocenters. The Morgan fingerprint density at radius 1 is 1.14 bits per heavy atom. The highest BCUT2D eigenvalue weighted by Gasteiger charge is 2.51. The molecule has 2 nitrogen and oxygen atoms in total. The van der Waals surface area contributed by atoms with Crippen molar-refractivity contribution >= 4 is 44.4 Å². The lowest BCUT2D eigenvalue weighted by atomic mass is 9.53. The number of carbonyl (C=O) groups excluding carboxylic acids is 1. The predicted molar refractivity (Wildman–Crippen MR) is 95.2 cm³/mol. The predicted octanol–water partition coefficient (Wildman–Crippen LogP) is 4.75. The van der Waals surface area contributed by atoms with Crippen molar-refractivity contribution in [3.8, 4) is 0 Å². The zero-order chi connectivity index (χ0) is 14.6. The topological polar surface area (TPSA) is 29.1 Å². The molecule has 0 saturated heterocycles. The molecule has 1 amide bonds. The first-order chi connectivity index (χ1) is 10.0. The summed E-state index contributed by atoms with van der Waals surface area (Å²) >= 11 is 5.73. The smallest absolute Gasteiger partial charge is 0.252 e. The summed E-state index contributed by atoms with van der Waals surface area (Å²) < 4.78 is 2.00. The molecule has 0 spiro atoms. The molecule has 4 aliphatic carbocycles. The van der Waals surface area contributed by atoms with Gasteiger partial charge in [-0.25, -0.2) is 0 Å². The largest absolute Gasteiger partial charge is 0.347 e. The molecule has 1 N–H and O–H groups in total. The highest BCUT2D eigenvalue weighted by molar-refractivity contribution is 14.1. The van der Waals surface area contributed by atoms with Crippen LogP contribution in [-0.2, 0) is 0 Å². The monoisotopic (exact) mass is 459 g/mol. The molecule has 0 aromatic heterocycles. The molecule has 0 aliphatic heterocycles. The maximum Gasteiger partial charge on any atom is 0.252 e. The van der Waals surface area contributed by atoms with Crippen molar-refractivity contribution in [3.63, 3.8) is 0 Å². The summed E-state index contributed by atoms with van der Waals surface area (Å²) in [5, 5.41) is 3.44. The van der Waals surface area contributed by atoms with E-state index in [2.05, 4.69) is 43.8 Å². The van der Waals surface area contributed by atoms with Gasteiger partial charge in [0.05, 0.1) is 5.56 Å². The van der Waals surface area contributed by atoms with Gasteiger partial charge in [0.25, 0.3) is 5.91 Å². The summed E-state index contributed by atoms with van der Waals surface area (Å²) in [6.07, 6.45) is 7.83. The van der Waals surface area contributed by atoms with Gasteiger partial charge in [0.1, 0.15) is 0 Å². The van der Waals surface area contributed by atoms with E-state index >= 15 is 0 Å². The molecule has 0 heterocycles. The average molecular weight is 460 g/mol. The first-order valence-corrected chi connectivity index (χ1v) is 9.68. The van der Waals surface area contributed by atoms with Crippen molar-refractivity contribution < 1.29 is 4.79 Å². The van der Waals surface area contributed by atoms with Crippen LogP contribution in [0.25, 0.3) is 0 Å². The van der Waals surface area contributed by atoms with Crippen molar-refractivity contribution in [2.45, 2.75) is 44.1 Å². The summed E-state index contributed by atoms with van der Waals surface area (Å²) in [4.78, 5) is 12.8. The minimum atomic E-state index is 0.0945. The molecule has 0 radical (unpaired) electrons. The van der Waals surface area contributed by atoms with Gasteiger partial charge >= 0.3 is 0 Å². The number of carbonyl (C=O) groups is 1. The molecule has 4 heteroatoms. The van der Waals surface area contributed by atoms with E-state index in [9.17, 15) is 4.79 Å². The van der Waals surface area contributed by atoms with Gasteiger partial charge in [-0.05, 0) is 97.1 Å². The second-order valence-corrected chi connectivity index (χ2v) is 9.35. The van der Waals surface area contributed by atoms with Crippen molar-refractivity contribution in [1.82, 2.24) is 5.32 Å². The third kappa shape index (κ3) is 2.67. The Morgan fingerprint density at radius 2 is 1.71 bits per heavy atom. The minimum absolute atomic E-state index is 0.0945. The van der Waals surface area contributed by atoms with E-state index in [4.69, 9.17) is 0 Å². The Balaban J connectivity index is 1.58. The number of amides is 1. The molecular formula is C17H19BrINO. The van der Waals surface area contributed by atoms with E-state index in [-0.39, 0.29) is 11.4 Å². The zero-order valence-corrected chi connectivity index (χ0v) is 15.6. The maximum atomic E-state index is 12.8. The van der Waals surface area contributed by atoms with E-state index in [1.807, 2.05) is 18.2 Å². The van der Waals surface area contributed by atoms with Crippen LogP contribution in [-0.4, -0.2) is 11.4 Å². The molecule has 1 aromatic rings. The van der Waals surface area contributed by atoms with Crippen LogP contribution in [0.1, 0.15) is 48.9 Å². The first kappa shape index (κ1) is 14.5. The molecule has 4 saturated carbocycles. The summed E-state index contributed by atoms with van der Waals surface area (Å²) in [6.45, 7) is 0. The Bertz CT molecular complexity index is 565. The van der Waals surface area contributed by atoms with Crippen molar-refractivity contribution in [3.05, 3.63) is 31.8 Å². The number of halogens is 2. The van der Waals surface area contributed by atoms with Crippen LogP contribution in [0.5, 0.6) is 0 Å². The summed E-state index contributed by atoms with van der Waals surface area (Å²) in [6, 6.07) is 5.93. The Kier molecular flexibility index (Phi) is 3.60. The van der Waals surface area contributed by atoms with Crippen molar-refractivity contribution in [2.24, 2.45) is 17.8 Å². The normalized spacial score (nSPS) is 36.8.